The number of hydrogen-bond donors (Lipinski definition) is 1. The summed E-state index contributed by atoms with van der Waals surface area (Å²) >= 11 is 0. The minimum Gasteiger partial charge on any atom is -0.489 e. The number of ether oxygens (including phenoxy) is 2. The van der Waals surface area contributed by atoms with Crippen LogP contribution >= 0.6 is 0 Å². The lowest BCUT2D eigenvalue weighted by atomic mass is 10.2. The van der Waals surface area contributed by atoms with Crippen molar-refractivity contribution in [2.24, 2.45) is 11.7 Å². The largest absolute Gasteiger partial charge is 0.489 e. The molecule has 0 radical (unpaired) electrons. The second kappa shape index (κ2) is 7.19. The van der Waals surface area contributed by atoms with Gasteiger partial charge in [-0.05, 0) is 12.0 Å². The predicted octanol–water partition coefficient (Wildman–Crippen LogP) is 1.59. The molecule has 0 amide bonds. The van der Waals surface area contributed by atoms with Crippen molar-refractivity contribution in [2.45, 2.75) is 20.4 Å². The zero-order chi connectivity index (χ0) is 11.8. The first kappa shape index (κ1) is 12.9. The number of aromatic nitrogens is 1. The Hall–Kier alpha value is -1.13. The van der Waals surface area contributed by atoms with Gasteiger partial charge in [-0.3, -0.25) is 4.98 Å². The van der Waals surface area contributed by atoms with Crippen molar-refractivity contribution in [2.75, 3.05) is 19.8 Å². The predicted molar refractivity (Wildman–Crippen MR) is 63.3 cm³/mol. The van der Waals surface area contributed by atoms with Gasteiger partial charge in [-0.25, -0.2) is 0 Å². The summed E-state index contributed by atoms with van der Waals surface area (Å²) < 4.78 is 11.0. The van der Waals surface area contributed by atoms with Gasteiger partial charge >= 0.3 is 0 Å². The summed E-state index contributed by atoms with van der Waals surface area (Å²) in [7, 11) is 0. The van der Waals surface area contributed by atoms with Gasteiger partial charge in [-0.15, -0.1) is 0 Å². The van der Waals surface area contributed by atoms with Crippen molar-refractivity contribution in [1.29, 1.82) is 0 Å². The summed E-state index contributed by atoms with van der Waals surface area (Å²) in [6, 6.07) is 1.87. The number of pyridine rings is 1. The fraction of sp³-hybridized carbons (Fsp3) is 0.583. The third-order valence-electron chi connectivity index (χ3n) is 2.03. The average Bonchev–Trinajstić information content (AvgIpc) is 2.29. The topological polar surface area (TPSA) is 57.4 Å². The lowest BCUT2D eigenvalue weighted by Gasteiger charge is -2.10. The normalized spacial score (nSPS) is 10.8. The van der Waals surface area contributed by atoms with Crippen LogP contribution in [-0.4, -0.2) is 24.8 Å². The molecule has 1 aromatic heterocycles. The summed E-state index contributed by atoms with van der Waals surface area (Å²) in [5.41, 5.74) is 6.55. The number of hydrogen-bond acceptors (Lipinski definition) is 4. The van der Waals surface area contributed by atoms with Crippen LogP contribution in [-0.2, 0) is 11.3 Å². The van der Waals surface area contributed by atoms with E-state index in [4.69, 9.17) is 15.2 Å². The maximum Gasteiger partial charge on any atom is 0.142 e. The van der Waals surface area contributed by atoms with E-state index in [9.17, 15) is 0 Å². The summed E-state index contributed by atoms with van der Waals surface area (Å²) in [4.78, 5) is 4.00. The van der Waals surface area contributed by atoms with Crippen molar-refractivity contribution in [1.82, 2.24) is 4.98 Å². The Kier molecular flexibility index (Phi) is 5.82. The monoisotopic (exact) mass is 224 g/mol. The second-order valence-electron chi connectivity index (χ2n) is 4.00. The van der Waals surface area contributed by atoms with Crippen LogP contribution in [0.3, 0.4) is 0 Å². The zero-order valence-electron chi connectivity index (χ0n) is 9.98. The lowest BCUT2D eigenvalue weighted by Crippen LogP contribution is -2.11. The second-order valence-corrected chi connectivity index (χ2v) is 4.00. The average molecular weight is 224 g/mol. The molecule has 2 N–H and O–H groups in total. The molecule has 90 valence electrons. The van der Waals surface area contributed by atoms with Gasteiger partial charge in [0.15, 0.2) is 0 Å². The van der Waals surface area contributed by atoms with Crippen molar-refractivity contribution in [3.05, 3.63) is 24.0 Å². The minimum absolute atomic E-state index is 0.463. The smallest absolute Gasteiger partial charge is 0.142 e. The van der Waals surface area contributed by atoms with Gasteiger partial charge in [-0.2, -0.15) is 0 Å². The molecule has 0 fully saturated rings. The summed E-state index contributed by atoms with van der Waals surface area (Å²) in [6.45, 7) is 6.59. The van der Waals surface area contributed by atoms with Gasteiger partial charge in [0.1, 0.15) is 12.4 Å². The van der Waals surface area contributed by atoms with E-state index in [1.165, 1.54) is 0 Å². The minimum atomic E-state index is 0.463. The molecule has 1 heterocycles. The molecule has 0 saturated heterocycles. The summed E-state index contributed by atoms with van der Waals surface area (Å²) in [6.07, 6.45) is 3.40. The third-order valence-corrected chi connectivity index (χ3v) is 2.03. The first-order chi connectivity index (χ1) is 7.74. The maximum absolute atomic E-state index is 5.58. The number of rotatable bonds is 7. The van der Waals surface area contributed by atoms with E-state index in [1.807, 2.05) is 6.07 Å². The Balaban J connectivity index is 2.26. The number of nitrogens with two attached hydrogens (primary N) is 1. The highest BCUT2D eigenvalue weighted by molar-refractivity contribution is 5.29. The quantitative estimate of drug-likeness (QED) is 0.715. The maximum atomic E-state index is 5.58. The third kappa shape index (κ3) is 4.59. The van der Waals surface area contributed by atoms with Gasteiger partial charge in [0.2, 0.25) is 0 Å². The molecule has 0 aliphatic heterocycles. The molecule has 1 rings (SSSR count). The van der Waals surface area contributed by atoms with E-state index in [-0.39, 0.29) is 0 Å². The fourth-order valence-electron chi connectivity index (χ4n) is 1.24. The first-order valence-electron chi connectivity index (χ1n) is 5.57. The number of nitrogens with zero attached hydrogens (tertiary/aromatic N) is 1. The highest BCUT2D eigenvalue weighted by Gasteiger charge is 2.01. The Bertz CT molecular complexity index is 303. The Morgan fingerprint density at radius 1 is 1.38 bits per heavy atom. The molecule has 4 heteroatoms. The molecule has 0 aliphatic carbocycles. The van der Waals surface area contributed by atoms with Gasteiger partial charge < -0.3 is 15.2 Å². The molecule has 0 unspecified atom stereocenters. The van der Waals surface area contributed by atoms with Crippen molar-refractivity contribution in [3.63, 3.8) is 0 Å². The van der Waals surface area contributed by atoms with Crippen LogP contribution in [0.2, 0.25) is 0 Å². The summed E-state index contributed by atoms with van der Waals surface area (Å²) in [5.74, 6) is 1.30. The molecule has 4 nitrogen and oxygen atoms in total. The lowest BCUT2D eigenvalue weighted by molar-refractivity contribution is 0.0815. The molecular weight excluding hydrogens is 204 g/mol. The fourth-order valence-corrected chi connectivity index (χ4v) is 1.24. The molecule has 0 saturated carbocycles. The molecule has 0 spiro atoms. The van der Waals surface area contributed by atoms with Gasteiger partial charge in [-0.1, -0.05) is 13.8 Å². The SMILES string of the molecule is CC(C)COCCOc1cnccc1CN. The van der Waals surface area contributed by atoms with E-state index in [0.717, 1.165) is 17.9 Å². The van der Waals surface area contributed by atoms with Crippen molar-refractivity contribution in [3.8, 4) is 5.75 Å². The van der Waals surface area contributed by atoms with Gasteiger partial charge in [0.25, 0.3) is 0 Å². The van der Waals surface area contributed by atoms with E-state index >= 15 is 0 Å². The molecule has 0 atom stereocenters. The van der Waals surface area contributed by atoms with E-state index in [0.29, 0.717) is 25.7 Å². The Labute approximate surface area is 96.8 Å². The first-order valence-corrected chi connectivity index (χ1v) is 5.57. The van der Waals surface area contributed by atoms with E-state index < -0.39 is 0 Å². The highest BCUT2D eigenvalue weighted by Crippen LogP contribution is 2.14. The molecule has 16 heavy (non-hydrogen) atoms. The summed E-state index contributed by atoms with van der Waals surface area (Å²) in [5, 5.41) is 0. The van der Waals surface area contributed by atoms with Crippen LogP contribution in [0.4, 0.5) is 0 Å². The highest BCUT2D eigenvalue weighted by atomic mass is 16.5. The van der Waals surface area contributed by atoms with Crippen LogP contribution in [0.1, 0.15) is 19.4 Å². The van der Waals surface area contributed by atoms with Crippen LogP contribution in [0.5, 0.6) is 5.75 Å². The molecular formula is C12H20N2O2. The van der Waals surface area contributed by atoms with Crippen molar-refractivity contribution < 1.29 is 9.47 Å². The van der Waals surface area contributed by atoms with Crippen LogP contribution in [0.15, 0.2) is 18.5 Å². The van der Waals surface area contributed by atoms with Crippen LogP contribution in [0, 0.1) is 5.92 Å². The van der Waals surface area contributed by atoms with Crippen LogP contribution < -0.4 is 10.5 Å². The van der Waals surface area contributed by atoms with Gasteiger partial charge in [0, 0.05) is 24.9 Å². The molecule has 0 bridgehead atoms. The van der Waals surface area contributed by atoms with E-state index in [1.54, 1.807) is 12.4 Å². The Morgan fingerprint density at radius 3 is 2.88 bits per heavy atom. The molecule has 1 aromatic rings. The van der Waals surface area contributed by atoms with Crippen LogP contribution in [0.25, 0.3) is 0 Å². The molecule has 0 aromatic carbocycles. The Morgan fingerprint density at radius 2 is 2.19 bits per heavy atom. The molecule has 0 aliphatic rings. The standard InChI is InChI=1S/C12H20N2O2/c1-10(2)9-15-5-6-16-12-8-14-4-3-11(12)7-13/h3-4,8,10H,5-7,9,13H2,1-2H3. The zero-order valence-corrected chi connectivity index (χ0v) is 9.98. The van der Waals surface area contributed by atoms with E-state index in [2.05, 4.69) is 18.8 Å². The van der Waals surface area contributed by atoms with Gasteiger partial charge in [0.05, 0.1) is 12.8 Å². The van der Waals surface area contributed by atoms with Crippen molar-refractivity contribution >= 4 is 0 Å².